The summed E-state index contributed by atoms with van der Waals surface area (Å²) in [5.41, 5.74) is 2.51. The first-order chi connectivity index (χ1) is 16.4. The minimum Gasteiger partial charge on any atom is -0.508 e. The van der Waals surface area contributed by atoms with Gasteiger partial charge in [-0.15, -0.1) is 0 Å². The zero-order valence-electron chi connectivity index (χ0n) is 18.6. The molecule has 9 heteroatoms. The maximum Gasteiger partial charge on any atom is 0.414 e. The Balaban J connectivity index is 1.36. The first-order valence-electron chi connectivity index (χ1n) is 11.2. The Morgan fingerprint density at radius 1 is 1.21 bits per heavy atom. The predicted molar refractivity (Wildman–Crippen MR) is 123 cm³/mol. The van der Waals surface area contributed by atoms with E-state index < -0.39 is 23.9 Å². The zero-order valence-corrected chi connectivity index (χ0v) is 18.6. The van der Waals surface area contributed by atoms with Crippen molar-refractivity contribution < 1.29 is 33.7 Å². The molecular formula is C25H27FN2O6. The van der Waals surface area contributed by atoms with Gasteiger partial charge in [0.05, 0.1) is 32.0 Å². The summed E-state index contributed by atoms with van der Waals surface area (Å²) in [6.45, 7) is 1.23. The molecule has 8 nitrogen and oxygen atoms in total. The molecular weight excluding hydrogens is 443 g/mol. The molecule has 0 saturated carbocycles. The van der Waals surface area contributed by atoms with Crippen LogP contribution in [-0.2, 0) is 16.1 Å². The van der Waals surface area contributed by atoms with E-state index in [2.05, 4.69) is 5.32 Å². The molecule has 0 spiro atoms. The van der Waals surface area contributed by atoms with Crippen molar-refractivity contribution in [1.29, 1.82) is 0 Å². The van der Waals surface area contributed by atoms with Gasteiger partial charge >= 0.3 is 6.09 Å². The van der Waals surface area contributed by atoms with E-state index in [0.717, 1.165) is 31.4 Å². The molecule has 2 aromatic rings. The lowest BCUT2D eigenvalue weighted by Gasteiger charge is -2.14. The maximum atomic E-state index is 14.8. The number of phenols is 1. The third-order valence-electron chi connectivity index (χ3n) is 5.89. The molecule has 34 heavy (non-hydrogen) atoms. The van der Waals surface area contributed by atoms with Crippen LogP contribution < -0.4 is 10.2 Å². The topological polar surface area (TPSA) is 108 Å². The van der Waals surface area contributed by atoms with Crippen molar-refractivity contribution in [2.45, 2.75) is 32.0 Å². The van der Waals surface area contributed by atoms with E-state index in [1.165, 1.54) is 29.2 Å². The highest BCUT2D eigenvalue weighted by molar-refractivity contribution is 5.95. The number of cyclic esters (lactones) is 1. The van der Waals surface area contributed by atoms with E-state index in [1.54, 1.807) is 12.1 Å². The number of anilines is 1. The Labute approximate surface area is 196 Å². The molecule has 2 aliphatic rings. The minimum atomic E-state index is -0.615. The molecule has 2 heterocycles. The van der Waals surface area contributed by atoms with Gasteiger partial charge in [-0.2, -0.15) is 0 Å². The average Bonchev–Trinajstić information content (AvgIpc) is 3.02. The second-order valence-corrected chi connectivity index (χ2v) is 8.30. The second kappa shape index (κ2) is 10.7. The number of aromatic hydroxyl groups is 1. The lowest BCUT2D eigenvalue weighted by molar-refractivity contribution is 0.0915. The van der Waals surface area contributed by atoms with Crippen LogP contribution in [0.1, 0.15) is 40.7 Å². The second-order valence-electron chi connectivity index (χ2n) is 8.30. The summed E-state index contributed by atoms with van der Waals surface area (Å²) in [4.78, 5) is 26.0. The highest BCUT2D eigenvalue weighted by Gasteiger charge is 2.33. The summed E-state index contributed by atoms with van der Waals surface area (Å²) in [6, 6.07) is 8.84. The largest absolute Gasteiger partial charge is 0.508 e. The highest BCUT2D eigenvalue weighted by Crippen LogP contribution is 2.26. The summed E-state index contributed by atoms with van der Waals surface area (Å²) >= 11 is 0. The number of hydrogen-bond donors (Lipinski definition) is 3. The van der Waals surface area contributed by atoms with Crippen molar-refractivity contribution in [2.24, 2.45) is 0 Å². The third-order valence-corrected chi connectivity index (χ3v) is 5.89. The van der Waals surface area contributed by atoms with E-state index in [4.69, 9.17) is 14.6 Å². The van der Waals surface area contributed by atoms with Crippen molar-refractivity contribution in [2.75, 3.05) is 31.2 Å². The first-order valence-corrected chi connectivity index (χ1v) is 11.2. The molecule has 0 radical (unpaired) electrons. The van der Waals surface area contributed by atoms with Crippen LogP contribution in [0.5, 0.6) is 5.75 Å². The molecule has 0 unspecified atom stereocenters. The van der Waals surface area contributed by atoms with Gasteiger partial charge in [0.2, 0.25) is 0 Å². The first kappa shape index (κ1) is 23.7. The Morgan fingerprint density at radius 3 is 2.82 bits per heavy atom. The number of aliphatic hydroxyl groups is 1. The van der Waals surface area contributed by atoms with Gasteiger partial charge in [-0.3, -0.25) is 9.69 Å². The highest BCUT2D eigenvalue weighted by atomic mass is 19.1. The molecule has 4 rings (SSSR count). The standard InChI is InChI=1S/C25H27FN2O6/c26-22-12-20(6-5-17(22)10-16-2-1-8-33-9-7-16)28-14-21(34-25(28)32)13-27-24(31)18-3-4-19(15-29)23(30)11-18/h3-6,10-12,21,29-30H,1-2,7-9,13-15H2,(H,27,31)/b16-10-/t21-/m0/s1. The molecule has 0 aliphatic carbocycles. The van der Waals surface area contributed by atoms with Crippen LogP contribution in [0.2, 0.25) is 0 Å². The van der Waals surface area contributed by atoms with E-state index in [-0.39, 0.29) is 31.0 Å². The number of amides is 2. The zero-order chi connectivity index (χ0) is 24.1. The number of carbonyl (C=O) groups is 2. The molecule has 180 valence electrons. The molecule has 3 N–H and O–H groups in total. The summed E-state index contributed by atoms with van der Waals surface area (Å²) in [6.07, 6.45) is 3.18. The lowest BCUT2D eigenvalue weighted by Crippen LogP contribution is -2.34. The van der Waals surface area contributed by atoms with Crippen LogP contribution in [0.25, 0.3) is 6.08 Å². The summed E-state index contributed by atoms with van der Waals surface area (Å²) in [7, 11) is 0. The van der Waals surface area contributed by atoms with Gasteiger partial charge in [-0.05, 0) is 49.6 Å². The smallest absolute Gasteiger partial charge is 0.414 e. The number of nitrogens with zero attached hydrogens (tertiary/aromatic N) is 1. The van der Waals surface area contributed by atoms with E-state index in [1.807, 2.05) is 6.08 Å². The number of rotatable bonds is 6. The molecule has 2 aliphatic heterocycles. The van der Waals surface area contributed by atoms with Gasteiger partial charge in [0.15, 0.2) is 0 Å². The van der Waals surface area contributed by atoms with Gasteiger partial charge in [-0.1, -0.05) is 17.7 Å². The van der Waals surface area contributed by atoms with Crippen LogP contribution in [-0.4, -0.2) is 54.6 Å². The quantitative estimate of drug-likeness (QED) is 0.598. The Kier molecular flexibility index (Phi) is 7.44. The summed E-state index contributed by atoms with van der Waals surface area (Å²) in [5.74, 6) is -1.06. The molecule has 2 saturated heterocycles. The third kappa shape index (κ3) is 5.55. The van der Waals surface area contributed by atoms with Crippen LogP contribution in [0.4, 0.5) is 14.9 Å². The minimum absolute atomic E-state index is 0.0539. The van der Waals surface area contributed by atoms with Crippen LogP contribution in [0, 0.1) is 5.82 Å². The van der Waals surface area contributed by atoms with Gasteiger partial charge < -0.3 is 25.0 Å². The Bertz CT molecular complexity index is 1090. The van der Waals surface area contributed by atoms with Gasteiger partial charge in [0.25, 0.3) is 5.91 Å². The molecule has 0 bridgehead atoms. The van der Waals surface area contributed by atoms with Crippen molar-refractivity contribution in [3.05, 3.63) is 64.5 Å². The fourth-order valence-corrected chi connectivity index (χ4v) is 3.98. The number of carbonyl (C=O) groups excluding carboxylic acids is 2. The lowest BCUT2D eigenvalue weighted by atomic mass is 10.0. The number of nitrogens with one attached hydrogen (secondary N) is 1. The molecule has 0 aromatic heterocycles. The van der Waals surface area contributed by atoms with Gasteiger partial charge in [0.1, 0.15) is 17.7 Å². The van der Waals surface area contributed by atoms with E-state index >= 15 is 0 Å². The van der Waals surface area contributed by atoms with Crippen molar-refractivity contribution in [3.8, 4) is 5.75 Å². The number of halogens is 1. The molecule has 1 atom stereocenters. The fourth-order valence-electron chi connectivity index (χ4n) is 3.98. The average molecular weight is 470 g/mol. The van der Waals surface area contributed by atoms with Crippen LogP contribution in [0.15, 0.2) is 42.0 Å². The Morgan fingerprint density at radius 2 is 2.06 bits per heavy atom. The van der Waals surface area contributed by atoms with Gasteiger partial charge in [-0.25, -0.2) is 9.18 Å². The maximum absolute atomic E-state index is 14.8. The molecule has 2 aromatic carbocycles. The normalized spacial score (nSPS) is 19.7. The van der Waals surface area contributed by atoms with Gasteiger partial charge in [0, 0.05) is 23.3 Å². The van der Waals surface area contributed by atoms with Crippen molar-refractivity contribution in [1.82, 2.24) is 5.32 Å². The van der Waals surface area contributed by atoms with Crippen LogP contribution >= 0.6 is 0 Å². The number of ether oxygens (including phenoxy) is 2. The van der Waals surface area contributed by atoms with Crippen molar-refractivity contribution in [3.63, 3.8) is 0 Å². The van der Waals surface area contributed by atoms with E-state index in [9.17, 15) is 19.1 Å². The fraction of sp³-hybridized carbons (Fsp3) is 0.360. The van der Waals surface area contributed by atoms with E-state index in [0.29, 0.717) is 23.4 Å². The van der Waals surface area contributed by atoms with Crippen LogP contribution in [0.3, 0.4) is 0 Å². The molecule has 2 amide bonds. The SMILES string of the molecule is O=C(NC[C@H]1CN(c2ccc(/C=C3/CCCOCC3)c(F)c2)C(=O)O1)c1ccc(CO)c(O)c1. The summed E-state index contributed by atoms with van der Waals surface area (Å²) in [5, 5.41) is 21.6. The number of benzene rings is 2. The predicted octanol–water partition coefficient (Wildman–Crippen LogP) is 3.36. The Hall–Kier alpha value is -3.43. The summed E-state index contributed by atoms with van der Waals surface area (Å²) < 4.78 is 25.5. The number of aliphatic hydroxyl groups excluding tert-OH is 1. The monoisotopic (exact) mass is 470 g/mol. The van der Waals surface area contributed by atoms with Crippen molar-refractivity contribution >= 4 is 23.8 Å². The molecule has 2 fully saturated rings. The number of hydrogen-bond acceptors (Lipinski definition) is 6.